The first kappa shape index (κ1) is 13.2. The van der Waals surface area contributed by atoms with Gasteiger partial charge in [-0.25, -0.2) is 0 Å². The van der Waals surface area contributed by atoms with Gasteiger partial charge in [0.2, 0.25) is 5.91 Å². The molecule has 1 N–H and O–H groups in total. The summed E-state index contributed by atoms with van der Waals surface area (Å²) in [6.07, 6.45) is 1.60. The van der Waals surface area contributed by atoms with Crippen LogP contribution in [-0.4, -0.2) is 5.91 Å². The van der Waals surface area contributed by atoms with Gasteiger partial charge < -0.3 is 5.32 Å². The van der Waals surface area contributed by atoms with E-state index in [2.05, 4.69) is 11.4 Å². The second kappa shape index (κ2) is 6.70. The molecule has 1 unspecified atom stereocenters. The summed E-state index contributed by atoms with van der Waals surface area (Å²) in [6, 6.07) is 10.9. The molecule has 90 valence electrons. The van der Waals surface area contributed by atoms with Gasteiger partial charge in [0.15, 0.2) is 0 Å². The minimum atomic E-state index is -0.552. The molecule has 1 amide bonds. The van der Waals surface area contributed by atoms with Crippen LogP contribution in [0.4, 0.5) is 0 Å². The fourth-order valence-electron chi connectivity index (χ4n) is 1.76. The van der Waals surface area contributed by atoms with E-state index in [0.29, 0.717) is 0 Å². The Morgan fingerprint density at radius 1 is 1.29 bits per heavy atom. The molecule has 0 aliphatic heterocycles. The van der Waals surface area contributed by atoms with Crippen LogP contribution >= 0.6 is 0 Å². The summed E-state index contributed by atoms with van der Waals surface area (Å²) in [5.74, 6) is -0.0417. The zero-order valence-corrected chi connectivity index (χ0v) is 10.3. The Kier molecular flexibility index (Phi) is 5.22. The number of nitrogens with zero attached hydrogens (tertiary/aromatic N) is 1. The molecule has 0 heterocycles. The zero-order chi connectivity index (χ0) is 12.7. The van der Waals surface area contributed by atoms with Crippen LogP contribution in [0, 0.1) is 17.2 Å². The Morgan fingerprint density at radius 3 is 2.35 bits per heavy atom. The average molecular weight is 230 g/mol. The lowest BCUT2D eigenvalue weighted by molar-refractivity contribution is -0.125. The highest BCUT2D eigenvalue weighted by molar-refractivity contribution is 5.79. The van der Waals surface area contributed by atoms with Crippen molar-refractivity contribution in [2.75, 3.05) is 0 Å². The van der Waals surface area contributed by atoms with Gasteiger partial charge in [-0.05, 0) is 18.4 Å². The van der Waals surface area contributed by atoms with Gasteiger partial charge in [-0.2, -0.15) is 5.26 Å². The maximum absolute atomic E-state index is 11.9. The van der Waals surface area contributed by atoms with Crippen LogP contribution in [0.1, 0.15) is 38.3 Å². The molecule has 1 aromatic rings. The van der Waals surface area contributed by atoms with E-state index in [0.717, 1.165) is 18.4 Å². The normalized spacial score (nSPS) is 11.9. The van der Waals surface area contributed by atoms with Crippen molar-refractivity contribution in [1.82, 2.24) is 5.32 Å². The lowest BCUT2D eigenvalue weighted by Crippen LogP contribution is -2.33. The highest BCUT2D eigenvalue weighted by Gasteiger charge is 2.19. The lowest BCUT2D eigenvalue weighted by Gasteiger charge is -2.16. The van der Waals surface area contributed by atoms with Crippen molar-refractivity contribution < 1.29 is 4.79 Å². The fourth-order valence-corrected chi connectivity index (χ4v) is 1.76. The molecule has 0 aromatic heterocycles. The van der Waals surface area contributed by atoms with Crippen molar-refractivity contribution in [1.29, 1.82) is 5.26 Å². The molecule has 17 heavy (non-hydrogen) atoms. The number of hydrogen-bond acceptors (Lipinski definition) is 2. The van der Waals surface area contributed by atoms with Gasteiger partial charge in [-0.1, -0.05) is 44.2 Å². The summed E-state index contributed by atoms with van der Waals surface area (Å²) in [5, 5.41) is 11.9. The summed E-state index contributed by atoms with van der Waals surface area (Å²) in [6.45, 7) is 3.97. The van der Waals surface area contributed by atoms with Crippen molar-refractivity contribution in [2.24, 2.45) is 5.92 Å². The second-order valence-electron chi connectivity index (χ2n) is 3.99. The van der Waals surface area contributed by atoms with E-state index in [1.54, 1.807) is 0 Å². The monoisotopic (exact) mass is 230 g/mol. The molecular formula is C14H18N2O. The van der Waals surface area contributed by atoms with Crippen molar-refractivity contribution in [2.45, 2.75) is 32.7 Å². The van der Waals surface area contributed by atoms with Crippen LogP contribution in [0.25, 0.3) is 0 Å². The van der Waals surface area contributed by atoms with E-state index in [4.69, 9.17) is 5.26 Å². The minimum Gasteiger partial charge on any atom is -0.336 e. The summed E-state index contributed by atoms with van der Waals surface area (Å²) in [5.41, 5.74) is 0.828. The van der Waals surface area contributed by atoms with Gasteiger partial charge in [-0.3, -0.25) is 4.79 Å². The van der Waals surface area contributed by atoms with Gasteiger partial charge >= 0.3 is 0 Å². The van der Waals surface area contributed by atoms with Gasteiger partial charge in [0.05, 0.1) is 6.07 Å². The molecule has 3 nitrogen and oxygen atoms in total. The predicted octanol–water partition coefficient (Wildman–Crippen LogP) is 2.80. The first-order valence-corrected chi connectivity index (χ1v) is 5.97. The largest absolute Gasteiger partial charge is 0.336 e. The van der Waals surface area contributed by atoms with Gasteiger partial charge in [0.1, 0.15) is 6.04 Å². The average Bonchev–Trinajstić information content (AvgIpc) is 2.38. The molecule has 1 aromatic carbocycles. The second-order valence-corrected chi connectivity index (χ2v) is 3.99. The third-order valence-corrected chi connectivity index (χ3v) is 2.90. The third-order valence-electron chi connectivity index (χ3n) is 2.90. The number of hydrogen-bond donors (Lipinski definition) is 1. The Bertz CT molecular complexity index is 390. The van der Waals surface area contributed by atoms with Gasteiger partial charge in [-0.15, -0.1) is 0 Å². The molecule has 0 radical (unpaired) electrons. The number of amides is 1. The van der Waals surface area contributed by atoms with Crippen molar-refractivity contribution in [3.05, 3.63) is 35.9 Å². The molecule has 1 rings (SSSR count). The number of nitrogens with one attached hydrogen (secondary N) is 1. The number of carbonyl (C=O) groups is 1. The maximum Gasteiger partial charge on any atom is 0.224 e. The van der Waals surface area contributed by atoms with Crippen LogP contribution in [0.5, 0.6) is 0 Å². The lowest BCUT2D eigenvalue weighted by atomic mass is 10.0. The zero-order valence-electron chi connectivity index (χ0n) is 10.3. The summed E-state index contributed by atoms with van der Waals surface area (Å²) in [4.78, 5) is 11.9. The molecule has 1 atom stereocenters. The van der Waals surface area contributed by atoms with Crippen LogP contribution in [0.15, 0.2) is 30.3 Å². The highest BCUT2D eigenvalue weighted by Crippen LogP contribution is 2.14. The van der Waals surface area contributed by atoms with E-state index in [-0.39, 0.29) is 11.8 Å². The van der Waals surface area contributed by atoms with Crippen LogP contribution in [0.2, 0.25) is 0 Å². The molecule has 0 aliphatic carbocycles. The van der Waals surface area contributed by atoms with Crippen LogP contribution in [-0.2, 0) is 4.79 Å². The quantitative estimate of drug-likeness (QED) is 0.845. The Labute approximate surface area is 102 Å². The standard InChI is InChI=1S/C14H18N2O/c1-3-11(4-2)14(17)16-13(10-15)12-8-6-5-7-9-12/h5-9,11,13H,3-4H2,1-2H3,(H,16,17). The van der Waals surface area contributed by atoms with E-state index in [9.17, 15) is 4.79 Å². The molecule has 3 heteroatoms. The smallest absolute Gasteiger partial charge is 0.224 e. The van der Waals surface area contributed by atoms with Gasteiger partial charge in [0.25, 0.3) is 0 Å². The van der Waals surface area contributed by atoms with Gasteiger partial charge in [0, 0.05) is 5.92 Å². The molecular weight excluding hydrogens is 212 g/mol. The third kappa shape index (κ3) is 3.60. The number of benzene rings is 1. The van der Waals surface area contributed by atoms with E-state index in [1.807, 2.05) is 44.2 Å². The number of rotatable bonds is 5. The summed E-state index contributed by atoms with van der Waals surface area (Å²) < 4.78 is 0. The molecule has 0 fully saturated rings. The Balaban J connectivity index is 2.72. The Morgan fingerprint density at radius 2 is 1.88 bits per heavy atom. The molecule has 0 spiro atoms. The van der Waals surface area contributed by atoms with E-state index in [1.165, 1.54) is 0 Å². The Hall–Kier alpha value is -1.82. The molecule has 0 saturated carbocycles. The van der Waals surface area contributed by atoms with E-state index < -0.39 is 6.04 Å². The van der Waals surface area contributed by atoms with Crippen LogP contribution in [0.3, 0.4) is 0 Å². The van der Waals surface area contributed by atoms with E-state index >= 15 is 0 Å². The minimum absolute atomic E-state index is 0.00503. The molecule has 0 aliphatic rings. The predicted molar refractivity (Wildman–Crippen MR) is 67.0 cm³/mol. The molecule has 0 bridgehead atoms. The topological polar surface area (TPSA) is 52.9 Å². The van der Waals surface area contributed by atoms with Crippen molar-refractivity contribution in [3.63, 3.8) is 0 Å². The highest BCUT2D eigenvalue weighted by atomic mass is 16.1. The molecule has 0 saturated heterocycles. The maximum atomic E-state index is 11.9. The summed E-state index contributed by atoms with van der Waals surface area (Å²) >= 11 is 0. The fraction of sp³-hybridized carbons (Fsp3) is 0.429. The number of carbonyl (C=O) groups excluding carboxylic acids is 1. The van der Waals surface area contributed by atoms with Crippen molar-refractivity contribution >= 4 is 5.91 Å². The summed E-state index contributed by atoms with van der Waals surface area (Å²) in [7, 11) is 0. The number of nitriles is 1. The first-order valence-electron chi connectivity index (χ1n) is 5.97. The first-order chi connectivity index (χ1) is 8.22. The van der Waals surface area contributed by atoms with Crippen LogP contribution < -0.4 is 5.32 Å². The SMILES string of the molecule is CCC(CC)C(=O)NC(C#N)c1ccccc1. The van der Waals surface area contributed by atoms with Crippen molar-refractivity contribution in [3.8, 4) is 6.07 Å².